The number of rotatable bonds is 3. The summed E-state index contributed by atoms with van der Waals surface area (Å²) in [6.07, 6.45) is 0. The van der Waals surface area contributed by atoms with Crippen molar-refractivity contribution in [2.45, 2.75) is 74.4 Å². The Labute approximate surface area is 168 Å². The predicted octanol–water partition coefficient (Wildman–Crippen LogP) is 6.04. The van der Waals surface area contributed by atoms with E-state index in [4.69, 9.17) is 20.5 Å². The van der Waals surface area contributed by atoms with Crippen molar-refractivity contribution in [3.63, 3.8) is 0 Å². The average Bonchev–Trinajstić information content (AvgIpc) is 2.70. The molecular weight excluding hydrogens is 430 g/mol. The monoisotopic (exact) mass is 460 g/mol. The Morgan fingerprint density at radius 3 is 1.04 bits per heavy atom. The van der Waals surface area contributed by atoms with E-state index in [-0.39, 0.29) is 19.5 Å². The van der Waals surface area contributed by atoms with Gasteiger partial charge >= 0.3 is 22.6 Å². The van der Waals surface area contributed by atoms with Crippen LogP contribution in [0.25, 0.3) is 0 Å². The normalized spacial score (nSPS) is 14.0. The fourth-order valence-corrected chi connectivity index (χ4v) is 3.76. The zero-order valence-electron chi connectivity index (χ0n) is 16.1. The van der Waals surface area contributed by atoms with Gasteiger partial charge in [0.2, 0.25) is 0 Å². The summed E-state index contributed by atoms with van der Waals surface area (Å²) in [4.78, 5) is 0. The summed E-state index contributed by atoms with van der Waals surface area (Å²) >= 11 is 5.71. The summed E-state index contributed by atoms with van der Waals surface area (Å²) in [5, 5.41) is 0. The van der Waals surface area contributed by atoms with Gasteiger partial charge in [-0.2, -0.15) is 0 Å². The van der Waals surface area contributed by atoms with Gasteiger partial charge in [-0.25, -0.2) is 0 Å². The maximum atomic E-state index is 7.50. The van der Waals surface area contributed by atoms with E-state index in [9.17, 15) is 0 Å². The summed E-state index contributed by atoms with van der Waals surface area (Å²) in [5.41, 5.74) is 5.87. The molecule has 0 aliphatic heterocycles. The van der Waals surface area contributed by atoms with Crippen LogP contribution in [0, 0.1) is 19.2 Å². The van der Waals surface area contributed by atoms with Crippen molar-refractivity contribution in [1.29, 1.82) is 0 Å². The molecule has 0 aromatic heterocycles. The zero-order valence-corrected chi connectivity index (χ0v) is 19.6. The maximum Gasteiger partial charge on any atom is 0 e. The summed E-state index contributed by atoms with van der Waals surface area (Å²) in [5.74, 6) is 1.47. The Morgan fingerprint density at radius 1 is 0.750 bits per heavy atom. The van der Waals surface area contributed by atoms with Gasteiger partial charge in [0.1, 0.15) is 0 Å². The number of nitrogens with zero attached hydrogens (tertiary/aromatic N) is 1. The smallest absolute Gasteiger partial charge is 0 e. The van der Waals surface area contributed by atoms with E-state index in [1.807, 2.05) is 0 Å². The number of allylic oxidation sites excluding steroid dienone is 4. The van der Waals surface area contributed by atoms with Crippen LogP contribution in [0.5, 0.6) is 0 Å². The summed E-state index contributed by atoms with van der Waals surface area (Å²) in [6.45, 7) is 28.6. The predicted molar refractivity (Wildman–Crippen MR) is 99.8 cm³/mol. The molecule has 1 atom stereocenters. The Kier molecular flexibility index (Phi) is 24.1. The van der Waals surface area contributed by atoms with Crippen LogP contribution in [-0.2, 0) is 28.8 Å². The van der Waals surface area contributed by atoms with Gasteiger partial charge in [-0.3, -0.25) is 4.67 Å². The van der Waals surface area contributed by atoms with E-state index in [2.05, 4.69) is 80.3 Å². The van der Waals surface area contributed by atoms with Crippen molar-refractivity contribution in [1.82, 2.24) is 4.67 Å². The van der Waals surface area contributed by atoms with Crippen molar-refractivity contribution >= 4 is 19.3 Å². The minimum absolute atomic E-state index is 0. The van der Waals surface area contributed by atoms with Crippen LogP contribution in [0.1, 0.15) is 62.3 Å². The van der Waals surface area contributed by atoms with E-state index in [0.717, 1.165) is 0 Å². The molecule has 0 N–H and O–H groups in total. The van der Waals surface area contributed by atoms with E-state index in [1.165, 1.54) is 28.2 Å². The fraction of sp³-hybridized carbons (Fsp3) is 0.611. The van der Waals surface area contributed by atoms with Crippen LogP contribution in [0.3, 0.4) is 0 Å². The van der Waals surface area contributed by atoms with Crippen LogP contribution in [0.15, 0.2) is 22.3 Å². The van der Waals surface area contributed by atoms with E-state index in [1.54, 1.807) is 0 Å². The van der Waals surface area contributed by atoms with Crippen molar-refractivity contribution < 1.29 is 28.8 Å². The Morgan fingerprint density at radius 2 is 1.00 bits per heavy atom. The molecule has 0 spiro atoms. The first-order valence-corrected chi connectivity index (χ1v) is 9.36. The molecule has 6 heteroatoms. The van der Waals surface area contributed by atoms with Gasteiger partial charge in [0.05, 0.1) is 0 Å². The number of hydrogen-bond donors (Lipinski definition) is 0. The summed E-state index contributed by atoms with van der Waals surface area (Å²) < 4.78 is 17.3. The van der Waals surface area contributed by atoms with Crippen molar-refractivity contribution in [3.8, 4) is 0 Å². The van der Waals surface area contributed by atoms with Crippen molar-refractivity contribution in [3.05, 3.63) is 41.5 Å². The molecule has 1 aliphatic rings. The van der Waals surface area contributed by atoms with E-state index < -0.39 is 0 Å². The third-order valence-corrected chi connectivity index (χ3v) is 5.84. The molecule has 139 valence electrons. The molecule has 0 heterocycles. The van der Waals surface area contributed by atoms with Gasteiger partial charge in [0.15, 0.2) is 0 Å². The van der Waals surface area contributed by atoms with E-state index in [0.29, 0.717) is 20.2 Å². The first-order valence-electron chi connectivity index (χ1n) is 7.40. The SMILES string of the molecule is CC(C)N(PCl)C(C)C.C[C]1C(C)=C(C)C(C)=C1C.[C-]#[O+].[C-]#[O+].[Ru]. The van der Waals surface area contributed by atoms with Crippen LogP contribution in [-0.4, -0.2) is 16.8 Å². The Hall–Kier alpha value is 0.263. The molecule has 0 aromatic carbocycles. The van der Waals surface area contributed by atoms with Crippen molar-refractivity contribution in [2.24, 2.45) is 0 Å². The molecule has 1 rings (SSSR count). The molecule has 0 amide bonds. The molecule has 0 saturated carbocycles. The van der Waals surface area contributed by atoms with Gasteiger partial charge in [-0.1, -0.05) is 29.3 Å². The van der Waals surface area contributed by atoms with Crippen LogP contribution < -0.4 is 0 Å². The minimum Gasteiger partial charge on any atom is 0 e. The molecular formula is C18H30ClNO2PRu. The number of halogens is 1. The molecule has 0 bridgehead atoms. The number of hydrogen-bond acceptors (Lipinski definition) is 1. The molecule has 0 fully saturated rings. The molecule has 3 nitrogen and oxygen atoms in total. The standard InChI is InChI=1S/C10H15.C6H15ClNP.2CO.Ru/c1-6-7(2)9(4)10(5)8(6)3;1-5(2)8(9-7)6(3)4;2*1-2;/h1-5H3;5-6,9H,1-4H3;;;. The Bertz CT molecular complexity index is 405. The first kappa shape index (κ1) is 32.0. The average molecular weight is 460 g/mol. The largest absolute Gasteiger partial charge is 0 e. The van der Waals surface area contributed by atoms with Gasteiger partial charge < -0.3 is 0 Å². The van der Waals surface area contributed by atoms with E-state index >= 15 is 0 Å². The van der Waals surface area contributed by atoms with Crippen LogP contribution in [0.4, 0.5) is 0 Å². The quantitative estimate of drug-likeness (QED) is 0.219. The third kappa shape index (κ3) is 11.0. The third-order valence-electron chi connectivity index (χ3n) is 4.02. The second-order valence-electron chi connectivity index (χ2n) is 5.80. The molecule has 1 aliphatic carbocycles. The Balaban J connectivity index is -0.000000134. The topological polar surface area (TPSA) is 43.0 Å². The molecule has 0 aromatic rings. The van der Waals surface area contributed by atoms with Gasteiger partial charge in [0.25, 0.3) is 0 Å². The second kappa shape index (κ2) is 18.1. The molecule has 1 unspecified atom stereocenters. The molecule has 0 saturated heterocycles. The summed E-state index contributed by atoms with van der Waals surface area (Å²) in [7, 11) is 0.415. The van der Waals surface area contributed by atoms with Crippen LogP contribution in [0.2, 0.25) is 0 Å². The summed E-state index contributed by atoms with van der Waals surface area (Å²) in [6, 6.07) is 1.14. The minimum atomic E-state index is 0. The first-order chi connectivity index (χ1) is 10.6. The maximum absolute atomic E-state index is 7.50. The van der Waals surface area contributed by atoms with Gasteiger partial charge in [-0.05, 0) is 66.5 Å². The fourth-order valence-electron chi connectivity index (χ4n) is 2.20. The van der Waals surface area contributed by atoms with Gasteiger partial charge in [0, 0.05) is 45.6 Å². The second-order valence-corrected chi connectivity index (χ2v) is 7.00. The zero-order chi connectivity index (χ0) is 19.3. The van der Waals surface area contributed by atoms with Crippen LogP contribution >= 0.6 is 19.3 Å². The molecule has 24 heavy (non-hydrogen) atoms. The van der Waals surface area contributed by atoms with Gasteiger partial charge in [-0.15, -0.1) is 0 Å². The molecule has 1 radical (unpaired) electrons. The van der Waals surface area contributed by atoms with Crippen molar-refractivity contribution in [2.75, 3.05) is 0 Å².